The van der Waals surface area contributed by atoms with E-state index in [1.54, 1.807) is 0 Å². The summed E-state index contributed by atoms with van der Waals surface area (Å²) in [5.41, 5.74) is 3.11. The van der Waals surface area contributed by atoms with Crippen LogP contribution in [0, 0.1) is 6.92 Å². The number of urea groups is 1. The summed E-state index contributed by atoms with van der Waals surface area (Å²) in [5.74, 6) is 0. The van der Waals surface area contributed by atoms with Gasteiger partial charge in [-0.15, -0.1) is 0 Å². The van der Waals surface area contributed by atoms with E-state index in [-0.39, 0.29) is 12.1 Å². The molecule has 2 amide bonds. The SMILES string of the molecule is Cc1cccc(NC(=O)NC[C@@H](c2ccccc2)N(C)C)c1. The zero-order valence-corrected chi connectivity index (χ0v) is 13.3. The van der Waals surface area contributed by atoms with Gasteiger partial charge in [-0.2, -0.15) is 0 Å². The molecule has 0 bridgehead atoms. The molecule has 0 radical (unpaired) electrons. The molecular weight excluding hydrogens is 274 g/mol. The van der Waals surface area contributed by atoms with Crippen LogP contribution in [0.3, 0.4) is 0 Å². The number of hydrogen-bond donors (Lipinski definition) is 2. The normalized spacial score (nSPS) is 12.0. The lowest BCUT2D eigenvalue weighted by Gasteiger charge is -2.25. The van der Waals surface area contributed by atoms with E-state index in [9.17, 15) is 4.79 Å². The second-order valence-electron chi connectivity index (χ2n) is 5.59. The van der Waals surface area contributed by atoms with Crippen molar-refractivity contribution in [1.82, 2.24) is 10.2 Å². The number of rotatable bonds is 5. The van der Waals surface area contributed by atoms with Crippen LogP contribution in [-0.4, -0.2) is 31.6 Å². The van der Waals surface area contributed by atoms with E-state index in [0.29, 0.717) is 6.54 Å². The van der Waals surface area contributed by atoms with Crippen molar-refractivity contribution in [2.45, 2.75) is 13.0 Å². The third-order valence-corrected chi connectivity index (χ3v) is 3.54. The minimum Gasteiger partial charge on any atom is -0.336 e. The molecule has 0 fully saturated rings. The number of nitrogens with zero attached hydrogens (tertiary/aromatic N) is 1. The maximum Gasteiger partial charge on any atom is 0.319 e. The Balaban J connectivity index is 1.94. The van der Waals surface area contributed by atoms with Crippen molar-refractivity contribution in [2.75, 3.05) is 26.0 Å². The quantitative estimate of drug-likeness (QED) is 0.888. The fourth-order valence-electron chi connectivity index (χ4n) is 2.36. The minimum absolute atomic E-state index is 0.143. The summed E-state index contributed by atoms with van der Waals surface area (Å²) in [7, 11) is 4.02. The minimum atomic E-state index is -0.187. The van der Waals surface area contributed by atoms with Crippen LogP contribution in [0.5, 0.6) is 0 Å². The van der Waals surface area contributed by atoms with E-state index in [2.05, 4.69) is 27.7 Å². The molecule has 0 aromatic heterocycles. The van der Waals surface area contributed by atoms with E-state index in [0.717, 1.165) is 11.3 Å². The Morgan fingerprint density at radius 2 is 1.82 bits per heavy atom. The van der Waals surface area contributed by atoms with Crippen molar-refractivity contribution < 1.29 is 4.79 Å². The third kappa shape index (κ3) is 4.60. The number of anilines is 1. The molecule has 2 aromatic carbocycles. The van der Waals surface area contributed by atoms with Gasteiger partial charge in [-0.25, -0.2) is 4.79 Å². The number of carbonyl (C=O) groups excluding carboxylic acids is 1. The molecule has 4 nitrogen and oxygen atoms in total. The van der Waals surface area contributed by atoms with Crippen LogP contribution in [0.1, 0.15) is 17.2 Å². The molecule has 0 spiro atoms. The van der Waals surface area contributed by atoms with Gasteiger partial charge in [0.2, 0.25) is 0 Å². The molecule has 1 atom stereocenters. The third-order valence-electron chi connectivity index (χ3n) is 3.54. The maximum absolute atomic E-state index is 12.0. The smallest absolute Gasteiger partial charge is 0.319 e. The second kappa shape index (κ2) is 7.61. The molecule has 0 aliphatic rings. The van der Waals surface area contributed by atoms with E-state index < -0.39 is 0 Å². The first-order valence-corrected chi connectivity index (χ1v) is 7.39. The van der Waals surface area contributed by atoms with Gasteiger partial charge in [0, 0.05) is 12.2 Å². The Labute approximate surface area is 132 Å². The summed E-state index contributed by atoms with van der Waals surface area (Å²) in [6.45, 7) is 2.55. The predicted octanol–water partition coefficient (Wildman–Crippen LogP) is 3.42. The van der Waals surface area contributed by atoms with Crippen LogP contribution in [-0.2, 0) is 0 Å². The molecule has 0 heterocycles. The lowest BCUT2D eigenvalue weighted by molar-refractivity contribution is 0.243. The number of amides is 2. The second-order valence-corrected chi connectivity index (χ2v) is 5.59. The molecule has 0 unspecified atom stereocenters. The van der Waals surface area contributed by atoms with Gasteiger partial charge in [0.05, 0.1) is 6.04 Å². The molecule has 0 aliphatic carbocycles. The van der Waals surface area contributed by atoms with E-state index in [1.165, 1.54) is 5.56 Å². The Kier molecular flexibility index (Phi) is 5.55. The van der Waals surface area contributed by atoms with Crippen LogP contribution in [0.25, 0.3) is 0 Å². The highest BCUT2D eigenvalue weighted by atomic mass is 16.2. The van der Waals surface area contributed by atoms with Crippen molar-refractivity contribution in [3.63, 3.8) is 0 Å². The van der Waals surface area contributed by atoms with Crippen LogP contribution in [0.4, 0.5) is 10.5 Å². The van der Waals surface area contributed by atoms with Gasteiger partial charge in [-0.1, -0.05) is 42.5 Å². The van der Waals surface area contributed by atoms with E-state index in [1.807, 2.05) is 63.5 Å². The molecule has 2 rings (SSSR count). The Morgan fingerprint density at radius 3 is 2.45 bits per heavy atom. The number of nitrogens with one attached hydrogen (secondary N) is 2. The average molecular weight is 297 g/mol. The van der Waals surface area contributed by atoms with Crippen LogP contribution >= 0.6 is 0 Å². The van der Waals surface area contributed by atoms with E-state index >= 15 is 0 Å². The first-order chi connectivity index (χ1) is 10.6. The molecule has 0 saturated carbocycles. The summed E-state index contributed by atoms with van der Waals surface area (Å²) in [4.78, 5) is 14.1. The molecule has 0 saturated heterocycles. The Bertz CT molecular complexity index is 611. The number of benzene rings is 2. The molecule has 2 N–H and O–H groups in total. The Morgan fingerprint density at radius 1 is 1.09 bits per heavy atom. The number of carbonyl (C=O) groups is 1. The molecule has 2 aromatic rings. The molecule has 22 heavy (non-hydrogen) atoms. The van der Waals surface area contributed by atoms with Crippen molar-refractivity contribution in [3.05, 3.63) is 65.7 Å². The van der Waals surface area contributed by atoms with Gasteiger partial charge >= 0.3 is 6.03 Å². The van der Waals surface area contributed by atoms with Crippen LogP contribution in [0.15, 0.2) is 54.6 Å². The van der Waals surface area contributed by atoms with Crippen LogP contribution in [0.2, 0.25) is 0 Å². The van der Waals surface area contributed by atoms with Gasteiger partial charge in [-0.3, -0.25) is 0 Å². The van der Waals surface area contributed by atoms with Crippen molar-refractivity contribution in [1.29, 1.82) is 0 Å². The highest BCUT2D eigenvalue weighted by molar-refractivity contribution is 5.89. The fraction of sp³-hybridized carbons (Fsp3) is 0.278. The fourth-order valence-corrected chi connectivity index (χ4v) is 2.36. The number of likely N-dealkylation sites (N-methyl/N-ethyl adjacent to an activating group) is 1. The van der Waals surface area contributed by atoms with Gasteiger partial charge in [0.25, 0.3) is 0 Å². The van der Waals surface area contributed by atoms with Gasteiger partial charge in [0.15, 0.2) is 0 Å². The standard InChI is InChI=1S/C18H23N3O/c1-14-8-7-11-16(12-14)20-18(22)19-13-17(21(2)3)15-9-5-4-6-10-15/h4-12,17H,13H2,1-3H3,(H2,19,20,22)/t17-/m0/s1. The topological polar surface area (TPSA) is 44.4 Å². The van der Waals surface area contributed by atoms with Gasteiger partial charge in [0.1, 0.15) is 0 Å². The lowest BCUT2D eigenvalue weighted by atomic mass is 10.1. The first kappa shape index (κ1) is 16.0. The first-order valence-electron chi connectivity index (χ1n) is 7.39. The monoisotopic (exact) mass is 297 g/mol. The highest BCUT2D eigenvalue weighted by Gasteiger charge is 2.14. The molecule has 4 heteroatoms. The molecule has 0 aliphatic heterocycles. The van der Waals surface area contributed by atoms with Gasteiger partial charge in [-0.05, 0) is 44.3 Å². The summed E-state index contributed by atoms with van der Waals surface area (Å²) < 4.78 is 0. The van der Waals surface area contributed by atoms with Gasteiger partial charge < -0.3 is 15.5 Å². The van der Waals surface area contributed by atoms with Crippen molar-refractivity contribution in [2.24, 2.45) is 0 Å². The largest absolute Gasteiger partial charge is 0.336 e. The molecule has 116 valence electrons. The average Bonchev–Trinajstić information content (AvgIpc) is 2.48. The number of aryl methyl sites for hydroxylation is 1. The van der Waals surface area contributed by atoms with Crippen molar-refractivity contribution in [3.8, 4) is 0 Å². The summed E-state index contributed by atoms with van der Waals surface area (Å²) in [5, 5.41) is 5.80. The number of hydrogen-bond acceptors (Lipinski definition) is 2. The lowest BCUT2D eigenvalue weighted by Crippen LogP contribution is -2.36. The predicted molar refractivity (Wildman–Crippen MR) is 91.1 cm³/mol. The zero-order chi connectivity index (χ0) is 15.9. The van der Waals surface area contributed by atoms with Crippen molar-refractivity contribution >= 4 is 11.7 Å². The van der Waals surface area contributed by atoms with Crippen LogP contribution < -0.4 is 10.6 Å². The van der Waals surface area contributed by atoms with E-state index in [4.69, 9.17) is 0 Å². The zero-order valence-electron chi connectivity index (χ0n) is 13.3. The summed E-state index contributed by atoms with van der Waals surface area (Å²) in [6.07, 6.45) is 0. The maximum atomic E-state index is 12.0. The summed E-state index contributed by atoms with van der Waals surface area (Å²) >= 11 is 0. The highest BCUT2D eigenvalue weighted by Crippen LogP contribution is 2.16. The Hall–Kier alpha value is -2.33. The summed E-state index contributed by atoms with van der Waals surface area (Å²) in [6, 6.07) is 17.9. The molecular formula is C18H23N3O.